The van der Waals surface area contributed by atoms with Crippen molar-refractivity contribution in [1.82, 2.24) is 9.62 Å². The van der Waals surface area contributed by atoms with Crippen LogP contribution in [0.2, 0.25) is 0 Å². The van der Waals surface area contributed by atoms with Crippen molar-refractivity contribution in [3.63, 3.8) is 0 Å². The van der Waals surface area contributed by atoms with Crippen LogP contribution in [0.1, 0.15) is 25.8 Å². The number of nitrogens with one attached hydrogen (secondary N) is 1. The number of rotatable bonds is 7. The second-order valence-corrected chi connectivity index (χ2v) is 7.02. The minimum Gasteiger partial charge on any atom is -0.353 e. The molecule has 0 saturated carbocycles. The van der Waals surface area contributed by atoms with Gasteiger partial charge in [-0.05, 0) is 31.0 Å². The van der Waals surface area contributed by atoms with Crippen LogP contribution in [0.3, 0.4) is 0 Å². The van der Waals surface area contributed by atoms with Gasteiger partial charge in [-0.25, -0.2) is 12.8 Å². The summed E-state index contributed by atoms with van der Waals surface area (Å²) in [6.45, 7) is 3.56. The third-order valence-corrected chi connectivity index (χ3v) is 4.28. The quantitative estimate of drug-likeness (QED) is 0.829. The monoisotopic (exact) mass is 316 g/mol. The molecule has 1 N–H and O–H groups in total. The predicted octanol–water partition coefficient (Wildman–Crippen LogP) is 1.50. The topological polar surface area (TPSA) is 66.5 Å². The van der Waals surface area contributed by atoms with Gasteiger partial charge in [0.2, 0.25) is 15.9 Å². The molecule has 0 radical (unpaired) electrons. The van der Waals surface area contributed by atoms with E-state index in [0.717, 1.165) is 17.0 Å². The van der Waals surface area contributed by atoms with Gasteiger partial charge in [-0.2, -0.15) is 4.31 Å². The molecular formula is C14H21FN2O3S. The first kappa shape index (κ1) is 17.6. The highest BCUT2D eigenvalue weighted by atomic mass is 32.2. The average Bonchev–Trinajstić information content (AvgIpc) is 2.39. The summed E-state index contributed by atoms with van der Waals surface area (Å²) in [6, 6.07) is 5.51. The van der Waals surface area contributed by atoms with Crippen molar-refractivity contribution in [2.75, 3.05) is 12.8 Å². The van der Waals surface area contributed by atoms with E-state index in [9.17, 15) is 17.6 Å². The van der Waals surface area contributed by atoms with Crippen molar-refractivity contribution in [2.24, 2.45) is 0 Å². The fourth-order valence-electron chi connectivity index (χ4n) is 1.67. The Labute approximate surface area is 125 Å². The molecule has 0 bridgehead atoms. The van der Waals surface area contributed by atoms with Crippen LogP contribution in [0.15, 0.2) is 24.3 Å². The van der Waals surface area contributed by atoms with Gasteiger partial charge >= 0.3 is 0 Å². The summed E-state index contributed by atoms with van der Waals surface area (Å²) in [4.78, 5) is 11.8. The molecule has 1 aromatic carbocycles. The van der Waals surface area contributed by atoms with Crippen molar-refractivity contribution in [1.29, 1.82) is 0 Å². The molecule has 1 aromatic rings. The summed E-state index contributed by atoms with van der Waals surface area (Å²) >= 11 is 0. The molecule has 0 heterocycles. The average molecular weight is 316 g/mol. The number of halogens is 1. The molecule has 5 nitrogen and oxygen atoms in total. The molecule has 1 amide bonds. The molecule has 0 aliphatic carbocycles. The van der Waals surface area contributed by atoms with Gasteiger partial charge in [0.1, 0.15) is 5.82 Å². The van der Waals surface area contributed by atoms with E-state index in [2.05, 4.69) is 5.32 Å². The molecule has 0 unspecified atom stereocenters. The van der Waals surface area contributed by atoms with Crippen molar-refractivity contribution < 1.29 is 17.6 Å². The van der Waals surface area contributed by atoms with E-state index >= 15 is 0 Å². The maximum absolute atomic E-state index is 12.9. The molecule has 1 rings (SSSR count). The minimum absolute atomic E-state index is 0.00951. The van der Waals surface area contributed by atoms with Gasteiger partial charge in [0.25, 0.3) is 0 Å². The summed E-state index contributed by atoms with van der Waals surface area (Å²) in [5.74, 6) is -0.740. The van der Waals surface area contributed by atoms with Gasteiger partial charge in [-0.3, -0.25) is 4.79 Å². The Balaban J connectivity index is 2.78. The highest BCUT2D eigenvalue weighted by molar-refractivity contribution is 7.88. The Hall–Kier alpha value is -1.47. The van der Waals surface area contributed by atoms with Gasteiger partial charge in [0.15, 0.2) is 0 Å². The highest BCUT2D eigenvalue weighted by Gasteiger charge is 2.21. The minimum atomic E-state index is -3.53. The number of carbonyl (C=O) groups excluding carboxylic acids is 1. The van der Waals surface area contributed by atoms with Crippen LogP contribution in [-0.2, 0) is 21.4 Å². The maximum Gasteiger partial charge on any atom is 0.235 e. The molecule has 21 heavy (non-hydrogen) atoms. The standard InChI is InChI=1S/C14H21FN2O3S/c1-4-11(2)16-14(18)10-17(21(3,19)20)9-12-5-7-13(15)8-6-12/h5-8,11H,4,9-10H2,1-3H3,(H,16,18)/t11-/m0/s1. The molecule has 118 valence electrons. The van der Waals surface area contributed by atoms with E-state index in [1.54, 1.807) is 0 Å². The Morgan fingerprint density at radius 3 is 2.38 bits per heavy atom. The van der Waals surface area contributed by atoms with Gasteiger partial charge in [-0.15, -0.1) is 0 Å². The van der Waals surface area contributed by atoms with Gasteiger partial charge in [0, 0.05) is 12.6 Å². The third-order valence-electron chi connectivity index (χ3n) is 3.08. The Kier molecular flexibility index (Phi) is 6.29. The summed E-state index contributed by atoms with van der Waals surface area (Å²) < 4.78 is 37.5. The van der Waals surface area contributed by atoms with Crippen LogP contribution in [0.25, 0.3) is 0 Å². The summed E-state index contributed by atoms with van der Waals surface area (Å²) in [5.41, 5.74) is 0.623. The second kappa shape index (κ2) is 7.51. The number of sulfonamides is 1. The lowest BCUT2D eigenvalue weighted by atomic mass is 10.2. The predicted molar refractivity (Wildman–Crippen MR) is 79.5 cm³/mol. The first-order chi connectivity index (χ1) is 9.72. The Morgan fingerprint density at radius 1 is 1.33 bits per heavy atom. The molecule has 0 fully saturated rings. The first-order valence-corrected chi connectivity index (χ1v) is 8.56. The normalized spacial score (nSPS) is 13.2. The van der Waals surface area contributed by atoms with Crippen molar-refractivity contribution in [2.45, 2.75) is 32.9 Å². The maximum atomic E-state index is 12.9. The zero-order valence-corrected chi connectivity index (χ0v) is 13.3. The van der Waals surface area contributed by atoms with E-state index in [4.69, 9.17) is 0 Å². The molecule has 1 atom stereocenters. The van der Waals surface area contributed by atoms with Crippen LogP contribution in [0.4, 0.5) is 4.39 Å². The molecule has 0 aliphatic rings. The smallest absolute Gasteiger partial charge is 0.235 e. The largest absolute Gasteiger partial charge is 0.353 e. The first-order valence-electron chi connectivity index (χ1n) is 6.71. The van der Waals surface area contributed by atoms with Crippen LogP contribution < -0.4 is 5.32 Å². The third kappa shape index (κ3) is 6.22. The number of hydrogen-bond acceptors (Lipinski definition) is 3. The molecular weight excluding hydrogens is 295 g/mol. The van der Waals surface area contributed by atoms with Crippen molar-refractivity contribution in [3.05, 3.63) is 35.6 Å². The van der Waals surface area contributed by atoms with Crippen LogP contribution in [-0.4, -0.2) is 37.5 Å². The van der Waals surface area contributed by atoms with E-state index in [0.29, 0.717) is 5.56 Å². The fraction of sp³-hybridized carbons (Fsp3) is 0.500. The van der Waals surface area contributed by atoms with Crippen molar-refractivity contribution >= 4 is 15.9 Å². The van der Waals surface area contributed by atoms with E-state index in [1.165, 1.54) is 24.3 Å². The zero-order valence-electron chi connectivity index (χ0n) is 12.5. The van der Waals surface area contributed by atoms with Crippen molar-refractivity contribution in [3.8, 4) is 0 Å². The number of carbonyl (C=O) groups is 1. The fourth-order valence-corrected chi connectivity index (χ4v) is 2.40. The van der Waals surface area contributed by atoms with Crippen LogP contribution in [0.5, 0.6) is 0 Å². The molecule has 0 spiro atoms. The highest BCUT2D eigenvalue weighted by Crippen LogP contribution is 2.09. The van der Waals surface area contributed by atoms with E-state index in [-0.39, 0.29) is 30.9 Å². The Bertz CT molecular complexity index is 572. The van der Waals surface area contributed by atoms with E-state index in [1.807, 2.05) is 13.8 Å². The second-order valence-electron chi connectivity index (χ2n) is 5.03. The Morgan fingerprint density at radius 2 is 1.90 bits per heavy atom. The van der Waals surface area contributed by atoms with Crippen LogP contribution >= 0.6 is 0 Å². The molecule has 0 aromatic heterocycles. The molecule has 7 heteroatoms. The number of hydrogen-bond donors (Lipinski definition) is 1. The lowest BCUT2D eigenvalue weighted by Gasteiger charge is -2.21. The zero-order chi connectivity index (χ0) is 16.0. The van der Waals surface area contributed by atoms with Gasteiger partial charge in [0.05, 0.1) is 12.8 Å². The summed E-state index contributed by atoms with van der Waals surface area (Å²) in [6.07, 6.45) is 1.82. The number of amides is 1. The summed E-state index contributed by atoms with van der Waals surface area (Å²) in [7, 11) is -3.53. The molecule has 0 saturated heterocycles. The number of nitrogens with zero attached hydrogens (tertiary/aromatic N) is 1. The summed E-state index contributed by atoms with van der Waals surface area (Å²) in [5, 5.41) is 2.72. The lowest BCUT2D eigenvalue weighted by molar-refractivity contribution is -0.122. The van der Waals surface area contributed by atoms with Gasteiger partial charge < -0.3 is 5.32 Å². The van der Waals surface area contributed by atoms with Gasteiger partial charge in [-0.1, -0.05) is 19.1 Å². The SMILES string of the molecule is CC[C@H](C)NC(=O)CN(Cc1ccc(F)cc1)S(C)(=O)=O. The lowest BCUT2D eigenvalue weighted by Crippen LogP contribution is -2.42. The molecule has 0 aliphatic heterocycles. The number of benzene rings is 1. The van der Waals surface area contributed by atoms with Crippen LogP contribution in [0, 0.1) is 5.82 Å². The van der Waals surface area contributed by atoms with E-state index < -0.39 is 10.0 Å².